The van der Waals surface area contributed by atoms with Gasteiger partial charge in [0.1, 0.15) is 5.75 Å². The molecule has 1 rings (SSSR count). The van der Waals surface area contributed by atoms with Crippen molar-refractivity contribution in [2.45, 2.75) is 19.8 Å². The van der Waals surface area contributed by atoms with Crippen molar-refractivity contribution in [1.82, 2.24) is 0 Å². The van der Waals surface area contributed by atoms with E-state index in [2.05, 4.69) is 6.58 Å². The molecule has 0 aromatic heterocycles. The molecule has 0 amide bonds. The molecule has 0 spiro atoms. The molecular weight excluding hydrogens is 267 g/mol. The summed E-state index contributed by atoms with van der Waals surface area (Å²) in [6.07, 6.45) is 0. The van der Waals surface area contributed by atoms with Crippen molar-refractivity contribution >= 4 is 6.98 Å². The van der Waals surface area contributed by atoms with Crippen LogP contribution in [0.5, 0.6) is 5.75 Å². The average Bonchev–Trinajstić information content (AvgIpc) is 2.25. The summed E-state index contributed by atoms with van der Waals surface area (Å²) >= 11 is 0. The minimum Gasteiger partial charge on any atom is -0.492 e. The summed E-state index contributed by atoms with van der Waals surface area (Å²) in [6.45, 7) is 1.48. The molecule has 94 valence electrons. The van der Waals surface area contributed by atoms with E-state index in [1.54, 1.807) is 18.2 Å². The first-order chi connectivity index (χ1) is 7.80. The molecule has 0 saturated carbocycles. The van der Waals surface area contributed by atoms with Gasteiger partial charge in [-0.15, -0.1) is 12.1 Å². The summed E-state index contributed by atoms with van der Waals surface area (Å²) in [5, 5.41) is 0. The first-order valence-corrected chi connectivity index (χ1v) is 5.41. The van der Waals surface area contributed by atoms with Crippen LogP contribution in [-0.2, 0) is 0 Å². The molecule has 0 radical (unpaired) electrons. The van der Waals surface area contributed by atoms with Gasteiger partial charge in [0.15, 0.2) is 0 Å². The summed E-state index contributed by atoms with van der Waals surface area (Å²) in [4.78, 5) is 0. The van der Waals surface area contributed by atoms with Crippen molar-refractivity contribution in [3.63, 3.8) is 0 Å². The predicted molar refractivity (Wildman–Crippen MR) is 64.2 cm³/mol. The Bertz CT molecular complexity index is 405. The zero-order chi connectivity index (χ0) is 13.1. The van der Waals surface area contributed by atoms with Gasteiger partial charge in [0.05, 0.1) is 6.61 Å². The van der Waals surface area contributed by atoms with Crippen LogP contribution in [0.25, 0.3) is 0 Å². The third kappa shape index (κ3) is 5.93. The molecule has 6 heteroatoms. The molecule has 0 fully saturated rings. The smallest absolute Gasteiger partial charge is 0.492 e. The number of hydrogen-bond donors (Lipinski definition) is 0. The van der Waals surface area contributed by atoms with Crippen LogP contribution in [0.4, 0.5) is 12.9 Å². The van der Waals surface area contributed by atoms with Crippen LogP contribution < -0.4 is 56.1 Å². The largest absolute Gasteiger partial charge is 1.00 e. The summed E-state index contributed by atoms with van der Waals surface area (Å²) in [5.41, 5.74) is 0.214. The molecule has 0 bridgehead atoms. The van der Waals surface area contributed by atoms with Crippen molar-refractivity contribution in [3.8, 4) is 5.75 Å². The molecule has 1 aromatic rings. The summed E-state index contributed by atoms with van der Waals surface area (Å²) in [5.74, 6) is 0.756. The van der Waals surface area contributed by atoms with E-state index in [-0.39, 0.29) is 51.4 Å². The van der Waals surface area contributed by atoms with E-state index in [0.29, 0.717) is 11.7 Å². The molecule has 0 aliphatic carbocycles. The average molecular weight is 282 g/mol. The van der Waals surface area contributed by atoms with Crippen LogP contribution in [0.3, 0.4) is 0 Å². The maximum atomic E-state index is 12.2. The topological polar surface area (TPSA) is 9.23 Å². The molecule has 0 saturated heterocycles. The first-order valence-electron chi connectivity index (χ1n) is 5.41. The van der Waals surface area contributed by atoms with Crippen LogP contribution >= 0.6 is 0 Å². The van der Waals surface area contributed by atoms with Gasteiger partial charge in [-0.25, -0.2) is 0 Å². The Labute approximate surface area is 148 Å². The SMILES string of the molecule is C=C(COc1cccc(C(C)C)c1)[B-](F)(F)F.[K+]. The quantitative estimate of drug-likeness (QED) is 0.736. The number of hydrogen-bond acceptors (Lipinski definition) is 1. The zero-order valence-corrected chi connectivity index (χ0v) is 14.0. The van der Waals surface area contributed by atoms with Crippen molar-refractivity contribution in [2.24, 2.45) is 0 Å². The first kappa shape index (κ1) is 18.3. The van der Waals surface area contributed by atoms with Gasteiger partial charge in [0.2, 0.25) is 0 Å². The fourth-order valence-corrected chi connectivity index (χ4v) is 1.23. The summed E-state index contributed by atoms with van der Waals surface area (Å²) in [6, 6.07) is 7.08. The van der Waals surface area contributed by atoms with Gasteiger partial charge in [0, 0.05) is 0 Å². The molecule has 0 heterocycles. The van der Waals surface area contributed by atoms with E-state index in [1.807, 2.05) is 19.9 Å². The third-order valence-electron chi connectivity index (χ3n) is 2.41. The van der Waals surface area contributed by atoms with Gasteiger partial charge in [0.25, 0.3) is 0 Å². The monoisotopic (exact) mass is 282 g/mol. The maximum absolute atomic E-state index is 12.2. The molecule has 0 atom stereocenters. The van der Waals surface area contributed by atoms with Gasteiger partial charge in [-0.2, -0.15) is 0 Å². The van der Waals surface area contributed by atoms with Crippen LogP contribution in [0.15, 0.2) is 36.3 Å². The summed E-state index contributed by atoms with van der Waals surface area (Å²) in [7, 11) is 0. The maximum Gasteiger partial charge on any atom is 1.00 e. The van der Waals surface area contributed by atoms with E-state index in [0.717, 1.165) is 5.56 Å². The second-order valence-corrected chi connectivity index (χ2v) is 4.25. The Morgan fingerprint density at radius 1 is 1.33 bits per heavy atom. The molecule has 1 nitrogen and oxygen atoms in total. The molecule has 1 aromatic carbocycles. The minimum absolute atomic E-state index is 0. The normalized spacial score (nSPS) is 11.0. The fraction of sp³-hybridized carbons (Fsp3) is 0.333. The van der Waals surface area contributed by atoms with Crippen LogP contribution in [0.2, 0.25) is 0 Å². The van der Waals surface area contributed by atoms with E-state index < -0.39 is 19.1 Å². The standard InChI is InChI=1S/C12H15BF3O.K/c1-9(2)11-5-4-6-12(7-11)17-8-10(3)13(14,15)16;/h4-7,9H,3,8H2,1-2H3;/q-1;+1. The Hall–Kier alpha value is 0.251. The van der Waals surface area contributed by atoms with E-state index in [9.17, 15) is 12.9 Å². The van der Waals surface area contributed by atoms with Gasteiger partial charge in [-0.05, 0) is 23.6 Å². The zero-order valence-electron chi connectivity index (χ0n) is 10.9. The second kappa shape index (κ2) is 7.75. The number of ether oxygens (including phenoxy) is 1. The van der Waals surface area contributed by atoms with E-state index >= 15 is 0 Å². The summed E-state index contributed by atoms with van der Waals surface area (Å²) < 4.78 is 41.8. The molecule has 0 aliphatic rings. The van der Waals surface area contributed by atoms with Crippen molar-refractivity contribution in [1.29, 1.82) is 0 Å². The number of benzene rings is 1. The van der Waals surface area contributed by atoms with Crippen LogP contribution in [0.1, 0.15) is 25.3 Å². The molecule has 0 unspecified atom stereocenters. The Morgan fingerprint density at radius 2 is 1.94 bits per heavy atom. The number of rotatable bonds is 5. The minimum atomic E-state index is -5.01. The van der Waals surface area contributed by atoms with Gasteiger partial charge >= 0.3 is 58.4 Å². The number of halogens is 3. The van der Waals surface area contributed by atoms with Gasteiger partial charge in [-0.3, -0.25) is 0 Å². The van der Waals surface area contributed by atoms with Crippen LogP contribution in [-0.4, -0.2) is 13.6 Å². The van der Waals surface area contributed by atoms with Crippen molar-refractivity contribution in [3.05, 3.63) is 41.9 Å². The Balaban J connectivity index is 0.00000289. The second-order valence-electron chi connectivity index (χ2n) is 4.25. The van der Waals surface area contributed by atoms with E-state index in [4.69, 9.17) is 4.74 Å². The van der Waals surface area contributed by atoms with Crippen molar-refractivity contribution in [2.75, 3.05) is 6.61 Å². The Kier molecular flexibility index (Phi) is 7.86. The van der Waals surface area contributed by atoms with Gasteiger partial charge < -0.3 is 17.7 Å². The Morgan fingerprint density at radius 3 is 2.44 bits per heavy atom. The molecule has 18 heavy (non-hydrogen) atoms. The predicted octanol–water partition coefficient (Wildman–Crippen LogP) is 1.14. The molecular formula is C12H15BF3KO. The fourth-order valence-electron chi connectivity index (χ4n) is 1.23. The third-order valence-corrected chi connectivity index (χ3v) is 2.41. The van der Waals surface area contributed by atoms with Crippen molar-refractivity contribution < 1.29 is 69.1 Å². The van der Waals surface area contributed by atoms with Crippen LogP contribution in [0, 0.1) is 0 Å². The molecule has 0 aliphatic heterocycles. The van der Waals surface area contributed by atoms with Gasteiger partial charge in [-0.1, -0.05) is 26.0 Å². The van der Waals surface area contributed by atoms with E-state index in [1.165, 1.54) is 0 Å². The molecule has 0 N–H and O–H groups in total.